The zero-order chi connectivity index (χ0) is 10.8. The van der Waals surface area contributed by atoms with Crippen LogP contribution >= 0.6 is 0 Å². The van der Waals surface area contributed by atoms with Crippen molar-refractivity contribution in [2.45, 2.75) is 6.92 Å². The van der Waals surface area contributed by atoms with Gasteiger partial charge in [0.15, 0.2) is 0 Å². The predicted molar refractivity (Wildman–Crippen MR) is 54.9 cm³/mol. The molecule has 15 heavy (non-hydrogen) atoms. The number of rotatable bonds is 2. The Morgan fingerprint density at radius 1 is 1.40 bits per heavy atom. The Bertz CT molecular complexity index is 487. The molecule has 0 fully saturated rings. The van der Waals surface area contributed by atoms with E-state index in [2.05, 4.69) is 15.1 Å². The SMILES string of the molecule is Cc1nn(-c2ncccn2)cc1C(=N)N. The summed E-state index contributed by atoms with van der Waals surface area (Å²) in [5.41, 5.74) is 6.68. The summed E-state index contributed by atoms with van der Waals surface area (Å²) in [6.45, 7) is 1.79. The first kappa shape index (κ1) is 9.32. The fourth-order valence-corrected chi connectivity index (χ4v) is 1.24. The van der Waals surface area contributed by atoms with Crippen molar-refractivity contribution < 1.29 is 0 Å². The molecule has 0 aliphatic rings. The Balaban J connectivity index is 2.48. The van der Waals surface area contributed by atoms with Crippen molar-refractivity contribution in [3.8, 4) is 5.95 Å². The third-order valence-electron chi connectivity index (χ3n) is 1.95. The lowest BCUT2D eigenvalue weighted by molar-refractivity contribution is 0.797. The molecule has 3 N–H and O–H groups in total. The summed E-state index contributed by atoms with van der Waals surface area (Å²) in [5, 5.41) is 11.5. The fraction of sp³-hybridized carbons (Fsp3) is 0.111. The first-order valence-electron chi connectivity index (χ1n) is 4.36. The summed E-state index contributed by atoms with van der Waals surface area (Å²) in [5.74, 6) is 0.461. The summed E-state index contributed by atoms with van der Waals surface area (Å²) in [4.78, 5) is 8.08. The van der Waals surface area contributed by atoms with Gasteiger partial charge in [-0.2, -0.15) is 5.10 Å². The third-order valence-corrected chi connectivity index (χ3v) is 1.95. The van der Waals surface area contributed by atoms with Gasteiger partial charge in [0.1, 0.15) is 5.84 Å². The Kier molecular flexibility index (Phi) is 2.17. The molecule has 0 spiro atoms. The Hall–Kier alpha value is -2.24. The molecular formula is C9H10N6. The van der Waals surface area contributed by atoms with Gasteiger partial charge >= 0.3 is 0 Å². The van der Waals surface area contributed by atoms with E-state index in [-0.39, 0.29) is 5.84 Å². The van der Waals surface area contributed by atoms with Gasteiger partial charge in [0.05, 0.1) is 11.3 Å². The van der Waals surface area contributed by atoms with Crippen LogP contribution in [0.4, 0.5) is 0 Å². The van der Waals surface area contributed by atoms with E-state index in [0.717, 1.165) is 0 Å². The van der Waals surface area contributed by atoms with Gasteiger partial charge in [-0.05, 0) is 13.0 Å². The van der Waals surface area contributed by atoms with E-state index in [9.17, 15) is 0 Å². The fourth-order valence-electron chi connectivity index (χ4n) is 1.24. The second-order valence-corrected chi connectivity index (χ2v) is 3.04. The Morgan fingerprint density at radius 3 is 2.60 bits per heavy atom. The first-order chi connectivity index (χ1) is 7.18. The number of amidine groups is 1. The monoisotopic (exact) mass is 202 g/mol. The van der Waals surface area contributed by atoms with Gasteiger partial charge in [-0.3, -0.25) is 5.41 Å². The van der Waals surface area contributed by atoms with Gasteiger partial charge in [-0.15, -0.1) is 0 Å². The van der Waals surface area contributed by atoms with Crippen molar-refractivity contribution in [2.24, 2.45) is 5.73 Å². The molecule has 6 nitrogen and oxygen atoms in total. The maximum absolute atomic E-state index is 7.34. The average Bonchev–Trinajstić information content (AvgIpc) is 2.62. The Morgan fingerprint density at radius 2 is 2.07 bits per heavy atom. The molecule has 2 aromatic rings. The quantitative estimate of drug-likeness (QED) is 0.539. The second-order valence-electron chi connectivity index (χ2n) is 3.04. The first-order valence-corrected chi connectivity index (χ1v) is 4.36. The van der Waals surface area contributed by atoms with Crippen LogP contribution in [0.3, 0.4) is 0 Å². The van der Waals surface area contributed by atoms with Gasteiger partial charge in [0.25, 0.3) is 0 Å². The highest BCUT2D eigenvalue weighted by Gasteiger charge is 2.09. The van der Waals surface area contributed by atoms with Crippen LogP contribution in [0.2, 0.25) is 0 Å². The summed E-state index contributed by atoms with van der Waals surface area (Å²) in [6, 6.07) is 1.73. The molecule has 0 bridgehead atoms. The lowest BCUT2D eigenvalue weighted by atomic mass is 10.2. The predicted octanol–water partition coefficient (Wildman–Crippen LogP) is 0.255. The van der Waals surface area contributed by atoms with E-state index >= 15 is 0 Å². The number of nitrogens with two attached hydrogens (primary N) is 1. The molecule has 0 saturated carbocycles. The number of hydrogen-bond acceptors (Lipinski definition) is 4. The number of nitrogens with zero attached hydrogens (tertiary/aromatic N) is 4. The molecular weight excluding hydrogens is 192 g/mol. The van der Waals surface area contributed by atoms with E-state index in [1.807, 2.05) is 0 Å². The van der Waals surface area contributed by atoms with Crippen LogP contribution in [0.25, 0.3) is 5.95 Å². The van der Waals surface area contributed by atoms with Crippen molar-refractivity contribution in [1.82, 2.24) is 19.7 Å². The molecule has 6 heteroatoms. The van der Waals surface area contributed by atoms with E-state index in [0.29, 0.717) is 17.2 Å². The van der Waals surface area contributed by atoms with Gasteiger partial charge in [0.2, 0.25) is 5.95 Å². The number of nitrogen functional groups attached to an aromatic ring is 1. The topological polar surface area (TPSA) is 93.5 Å². The average molecular weight is 202 g/mol. The van der Waals surface area contributed by atoms with Crippen LogP contribution in [0.5, 0.6) is 0 Å². The zero-order valence-electron chi connectivity index (χ0n) is 8.18. The van der Waals surface area contributed by atoms with Gasteiger partial charge < -0.3 is 5.73 Å². The molecule has 0 radical (unpaired) electrons. The summed E-state index contributed by atoms with van der Waals surface area (Å²) in [6.07, 6.45) is 4.91. The van der Waals surface area contributed by atoms with Crippen molar-refractivity contribution >= 4 is 5.84 Å². The molecule has 0 aliphatic carbocycles. The minimum absolute atomic E-state index is 0.00492. The third kappa shape index (κ3) is 1.69. The van der Waals surface area contributed by atoms with E-state index in [1.54, 1.807) is 31.6 Å². The van der Waals surface area contributed by atoms with Crippen molar-refractivity contribution in [1.29, 1.82) is 5.41 Å². The molecule has 0 unspecified atom stereocenters. The van der Waals surface area contributed by atoms with Crippen LogP contribution in [-0.2, 0) is 0 Å². The zero-order valence-corrected chi connectivity index (χ0v) is 8.18. The van der Waals surface area contributed by atoms with Crippen LogP contribution < -0.4 is 5.73 Å². The van der Waals surface area contributed by atoms with Crippen molar-refractivity contribution in [3.05, 3.63) is 35.9 Å². The highest BCUT2D eigenvalue weighted by atomic mass is 15.3. The van der Waals surface area contributed by atoms with Gasteiger partial charge in [0, 0.05) is 18.6 Å². The van der Waals surface area contributed by atoms with Gasteiger partial charge in [-0.25, -0.2) is 14.6 Å². The largest absolute Gasteiger partial charge is 0.384 e. The van der Waals surface area contributed by atoms with Crippen molar-refractivity contribution in [3.63, 3.8) is 0 Å². The molecule has 2 aromatic heterocycles. The highest BCUT2D eigenvalue weighted by Crippen LogP contribution is 2.07. The maximum Gasteiger partial charge on any atom is 0.250 e. The van der Waals surface area contributed by atoms with Crippen molar-refractivity contribution in [2.75, 3.05) is 0 Å². The summed E-state index contributed by atoms with van der Waals surface area (Å²) in [7, 11) is 0. The van der Waals surface area contributed by atoms with E-state index in [1.165, 1.54) is 4.68 Å². The lowest BCUT2D eigenvalue weighted by Gasteiger charge is -1.95. The van der Waals surface area contributed by atoms with Crippen LogP contribution in [-0.4, -0.2) is 25.6 Å². The number of nitrogens with one attached hydrogen (secondary N) is 1. The summed E-state index contributed by atoms with van der Waals surface area (Å²) < 4.78 is 1.51. The molecule has 0 atom stereocenters. The maximum atomic E-state index is 7.34. The normalized spacial score (nSPS) is 10.2. The van der Waals surface area contributed by atoms with E-state index < -0.39 is 0 Å². The molecule has 2 rings (SSSR count). The van der Waals surface area contributed by atoms with Crippen LogP contribution in [0, 0.1) is 12.3 Å². The number of aryl methyl sites for hydroxylation is 1. The summed E-state index contributed by atoms with van der Waals surface area (Å²) >= 11 is 0. The smallest absolute Gasteiger partial charge is 0.250 e. The van der Waals surface area contributed by atoms with Crippen LogP contribution in [0.15, 0.2) is 24.7 Å². The standard InChI is InChI=1S/C9H10N6/c1-6-7(8(10)11)5-15(14-6)9-12-3-2-4-13-9/h2-5H,1H3,(H3,10,11). The molecule has 0 amide bonds. The number of hydrogen-bond donors (Lipinski definition) is 2. The molecule has 76 valence electrons. The highest BCUT2D eigenvalue weighted by molar-refractivity contribution is 5.95. The molecule has 0 aliphatic heterocycles. The second kappa shape index (κ2) is 3.49. The van der Waals surface area contributed by atoms with Crippen LogP contribution in [0.1, 0.15) is 11.3 Å². The van der Waals surface area contributed by atoms with Gasteiger partial charge in [-0.1, -0.05) is 0 Å². The van der Waals surface area contributed by atoms with E-state index in [4.69, 9.17) is 11.1 Å². The molecule has 2 heterocycles. The number of aromatic nitrogens is 4. The molecule has 0 saturated heterocycles. The minimum atomic E-state index is -0.00492. The Labute approximate surface area is 86.3 Å². The lowest BCUT2D eigenvalue weighted by Crippen LogP contribution is -2.11. The molecule has 0 aromatic carbocycles. The minimum Gasteiger partial charge on any atom is -0.384 e.